The Morgan fingerprint density at radius 3 is 2.70 bits per heavy atom. The van der Waals surface area contributed by atoms with E-state index in [0.717, 1.165) is 6.08 Å². The van der Waals surface area contributed by atoms with E-state index in [-0.39, 0.29) is 12.2 Å². The number of methoxy groups -OCH3 is 1. The van der Waals surface area contributed by atoms with Gasteiger partial charge >= 0.3 is 0 Å². The number of hydrogen-bond donors (Lipinski definition) is 0. The van der Waals surface area contributed by atoms with Gasteiger partial charge in [0, 0.05) is 12.5 Å². The van der Waals surface area contributed by atoms with Crippen LogP contribution >= 0.6 is 0 Å². The zero-order chi connectivity index (χ0) is 7.61. The average molecular weight is 146 g/mol. The summed E-state index contributed by atoms with van der Waals surface area (Å²) < 4.78 is 29.5. The first-order valence-electron chi connectivity index (χ1n) is 2.95. The van der Waals surface area contributed by atoms with E-state index in [0.29, 0.717) is 0 Å². The van der Waals surface area contributed by atoms with Gasteiger partial charge in [-0.3, -0.25) is 0 Å². The molecule has 1 aliphatic carbocycles. The first kappa shape index (κ1) is 7.25. The maximum absolute atomic E-state index is 12.4. The number of halogens is 2. The van der Waals surface area contributed by atoms with E-state index < -0.39 is 5.92 Å². The lowest BCUT2D eigenvalue weighted by molar-refractivity contribution is 0.0520. The minimum Gasteiger partial charge on any atom is -0.497 e. The molecule has 10 heavy (non-hydrogen) atoms. The highest BCUT2D eigenvalue weighted by Crippen LogP contribution is 2.26. The molecule has 0 aliphatic heterocycles. The monoisotopic (exact) mass is 146 g/mol. The van der Waals surface area contributed by atoms with Crippen LogP contribution in [0.1, 0.15) is 6.42 Å². The number of alkyl halides is 2. The van der Waals surface area contributed by atoms with Crippen molar-refractivity contribution in [2.24, 2.45) is 0 Å². The van der Waals surface area contributed by atoms with Gasteiger partial charge in [-0.1, -0.05) is 6.08 Å². The van der Waals surface area contributed by atoms with Gasteiger partial charge in [-0.2, -0.15) is 0 Å². The summed E-state index contributed by atoms with van der Waals surface area (Å²) in [6.45, 7) is 0. The summed E-state index contributed by atoms with van der Waals surface area (Å²) in [7, 11) is 1.37. The summed E-state index contributed by atoms with van der Waals surface area (Å²) in [6.07, 6.45) is 3.54. The van der Waals surface area contributed by atoms with Crippen molar-refractivity contribution in [1.29, 1.82) is 0 Å². The van der Waals surface area contributed by atoms with E-state index in [1.807, 2.05) is 0 Å². The Bertz CT molecular complexity index is 182. The molecule has 56 valence electrons. The van der Waals surface area contributed by atoms with E-state index in [1.54, 1.807) is 0 Å². The zero-order valence-corrected chi connectivity index (χ0v) is 5.60. The molecule has 0 spiro atoms. The van der Waals surface area contributed by atoms with Crippen LogP contribution in [0, 0.1) is 0 Å². The Morgan fingerprint density at radius 2 is 2.30 bits per heavy atom. The molecule has 0 saturated heterocycles. The summed E-state index contributed by atoms with van der Waals surface area (Å²) in [5.74, 6) is -2.49. The number of rotatable bonds is 1. The second-order valence-corrected chi connectivity index (χ2v) is 2.12. The van der Waals surface area contributed by atoms with Crippen molar-refractivity contribution < 1.29 is 13.5 Å². The molecule has 0 unspecified atom stereocenters. The van der Waals surface area contributed by atoms with Crippen LogP contribution in [0.5, 0.6) is 0 Å². The first-order chi connectivity index (χ1) is 4.64. The molecule has 3 heteroatoms. The van der Waals surface area contributed by atoms with Gasteiger partial charge in [-0.05, 0) is 6.08 Å². The fourth-order valence-electron chi connectivity index (χ4n) is 0.774. The molecule has 0 amide bonds. The molecule has 1 aliphatic rings. The van der Waals surface area contributed by atoms with Gasteiger partial charge in [0.05, 0.1) is 7.11 Å². The number of allylic oxidation sites excluding steroid dienone is 3. The van der Waals surface area contributed by atoms with Crippen LogP contribution in [0.2, 0.25) is 0 Å². The lowest BCUT2D eigenvalue weighted by atomic mass is 10.1. The minimum absolute atomic E-state index is 0.222. The van der Waals surface area contributed by atoms with E-state index >= 15 is 0 Å². The van der Waals surface area contributed by atoms with Gasteiger partial charge in [-0.25, -0.2) is 8.78 Å². The lowest BCUT2D eigenvalue weighted by Gasteiger charge is -2.14. The van der Waals surface area contributed by atoms with Crippen LogP contribution in [0.4, 0.5) is 8.78 Å². The smallest absolute Gasteiger partial charge is 0.273 e. The topological polar surface area (TPSA) is 9.23 Å². The molecule has 0 atom stereocenters. The van der Waals surface area contributed by atoms with Crippen LogP contribution in [-0.4, -0.2) is 13.0 Å². The molecule has 0 fully saturated rings. The minimum atomic E-state index is -2.72. The van der Waals surface area contributed by atoms with Crippen molar-refractivity contribution in [2.45, 2.75) is 12.3 Å². The Balaban J connectivity index is 2.75. The molecule has 1 rings (SSSR count). The predicted molar refractivity (Wildman–Crippen MR) is 33.8 cm³/mol. The maximum Gasteiger partial charge on any atom is 0.273 e. The van der Waals surface area contributed by atoms with Crippen molar-refractivity contribution in [3.63, 3.8) is 0 Å². The SMILES string of the molecule is COC1=CC(F)(F)CC=C1. The Labute approximate surface area is 58.0 Å². The van der Waals surface area contributed by atoms with Crippen LogP contribution in [0.15, 0.2) is 24.0 Å². The summed E-state index contributed by atoms with van der Waals surface area (Å²) in [4.78, 5) is 0. The molecule has 1 nitrogen and oxygen atoms in total. The first-order valence-corrected chi connectivity index (χ1v) is 2.95. The van der Waals surface area contributed by atoms with Gasteiger partial charge < -0.3 is 4.74 Å². The highest BCUT2D eigenvalue weighted by Gasteiger charge is 2.27. The third-order valence-corrected chi connectivity index (χ3v) is 1.26. The molecular formula is C7H8F2O. The average Bonchev–Trinajstić information content (AvgIpc) is 1.86. The van der Waals surface area contributed by atoms with Crippen molar-refractivity contribution in [3.8, 4) is 0 Å². The third kappa shape index (κ3) is 1.56. The summed E-state index contributed by atoms with van der Waals surface area (Å²) in [5, 5.41) is 0. The van der Waals surface area contributed by atoms with Crippen LogP contribution in [0.3, 0.4) is 0 Å². The molecule has 0 bridgehead atoms. The maximum atomic E-state index is 12.4. The molecule has 0 aromatic carbocycles. The molecule has 0 radical (unpaired) electrons. The molecule has 0 aromatic rings. The van der Waals surface area contributed by atoms with E-state index in [4.69, 9.17) is 0 Å². The van der Waals surface area contributed by atoms with Crippen LogP contribution < -0.4 is 0 Å². The normalized spacial score (nSPS) is 22.1. The van der Waals surface area contributed by atoms with Gasteiger partial charge in [0.2, 0.25) is 0 Å². The molecule has 0 aromatic heterocycles. The van der Waals surface area contributed by atoms with E-state index in [1.165, 1.54) is 19.3 Å². The zero-order valence-electron chi connectivity index (χ0n) is 5.60. The molecule has 0 saturated carbocycles. The molecule has 0 heterocycles. The van der Waals surface area contributed by atoms with Gasteiger partial charge in [0.15, 0.2) is 0 Å². The predicted octanol–water partition coefficient (Wildman–Crippen LogP) is 2.11. The second kappa shape index (κ2) is 2.40. The quantitative estimate of drug-likeness (QED) is 0.550. The van der Waals surface area contributed by atoms with Crippen molar-refractivity contribution in [3.05, 3.63) is 24.0 Å². The summed E-state index contributed by atoms with van der Waals surface area (Å²) in [5.41, 5.74) is 0. The Kier molecular flexibility index (Phi) is 1.74. The Morgan fingerprint density at radius 1 is 1.60 bits per heavy atom. The fourth-order valence-corrected chi connectivity index (χ4v) is 0.774. The fraction of sp³-hybridized carbons (Fsp3) is 0.429. The van der Waals surface area contributed by atoms with Crippen molar-refractivity contribution >= 4 is 0 Å². The highest BCUT2D eigenvalue weighted by atomic mass is 19.3. The highest BCUT2D eigenvalue weighted by molar-refractivity contribution is 5.21. The van der Waals surface area contributed by atoms with Crippen LogP contribution in [0.25, 0.3) is 0 Å². The lowest BCUT2D eigenvalue weighted by Crippen LogP contribution is -2.14. The second-order valence-electron chi connectivity index (χ2n) is 2.12. The third-order valence-electron chi connectivity index (χ3n) is 1.26. The molecule has 0 N–H and O–H groups in total. The van der Waals surface area contributed by atoms with Crippen LogP contribution in [-0.2, 0) is 4.74 Å². The number of ether oxygens (including phenoxy) is 1. The summed E-state index contributed by atoms with van der Waals surface area (Å²) in [6, 6.07) is 0. The van der Waals surface area contributed by atoms with Gasteiger partial charge in [0.25, 0.3) is 5.92 Å². The van der Waals surface area contributed by atoms with Gasteiger partial charge in [0.1, 0.15) is 5.76 Å². The molecular weight excluding hydrogens is 138 g/mol. The van der Waals surface area contributed by atoms with Crippen molar-refractivity contribution in [1.82, 2.24) is 0 Å². The standard InChI is InChI=1S/C7H8F2O/c1-10-6-3-2-4-7(8,9)5-6/h2-3,5H,4H2,1H3. The Hall–Kier alpha value is -0.860. The summed E-state index contributed by atoms with van der Waals surface area (Å²) >= 11 is 0. The van der Waals surface area contributed by atoms with Crippen molar-refractivity contribution in [2.75, 3.05) is 7.11 Å². The largest absolute Gasteiger partial charge is 0.497 e. The number of hydrogen-bond acceptors (Lipinski definition) is 1. The van der Waals surface area contributed by atoms with E-state index in [2.05, 4.69) is 4.74 Å². The van der Waals surface area contributed by atoms with Gasteiger partial charge in [-0.15, -0.1) is 0 Å². The van der Waals surface area contributed by atoms with E-state index in [9.17, 15) is 8.78 Å².